The lowest BCUT2D eigenvalue weighted by Crippen LogP contribution is -2.26. The van der Waals surface area contributed by atoms with Crippen molar-refractivity contribution in [3.63, 3.8) is 0 Å². The highest BCUT2D eigenvalue weighted by Gasteiger charge is 2.16. The molecule has 0 spiro atoms. The van der Waals surface area contributed by atoms with Gasteiger partial charge in [-0.3, -0.25) is 5.10 Å². The van der Waals surface area contributed by atoms with Crippen molar-refractivity contribution in [1.29, 1.82) is 0 Å². The van der Waals surface area contributed by atoms with Crippen LogP contribution in [0.3, 0.4) is 0 Å². The molecule has 6 heteroatoms. The third kappa shape index (κ3) is 2.11. The van der Waals surface area contributed by atoms with Crippen LogP contribution in [0.25, 0.3) is 11.0 Å². The first-order valence-corrected chi connectivity index (χ1v) is 6.25. The number of nitrogens with one attached hydrogen (secondary N) is 2. The van der Waals surface area contributed by atoms with E-state index in [4.69, 9.17) is 0 Å². The van der Waals surface area contributed by atoms with E-state index in [0.717, 1.165) is 21.9 Å². The predicted octanol–water partition coefficient (Wildman–Crippen LogP) is 2.29. The molecular formula is C10H15N5S. The summed E-state index contributed by atoms with van der Waals surface area (Å²) in [5.74, 6) is 0.829. The summed E-state index contributed by atoms with van der Waals surface area (Å²) < 4.78 is 0. The number of hydrogen-bond acceptors (Lipinski definition) is 5. The monoisotopic (exact) mass is 237 g/mol. The van der Waals surface area contributed by atoms with Gasteiger partial charge in [0.2, 0.25) is 0 Å². The third-order valence-electron chi connectivity index (χ3n) is 2.01. The maximum atomic E-state index is 4.28. The van der Waals surface area contributed by atoms with Crippen molar-refractivity contribution in [3.05, 3.63) is 6.33 Å². The zero-order valence-corrected chi connectivity index (χ0v) is 10.6. The van der Waals surface area contributed by atoms with E-state index in [9.17, 15) is 0 Å². The van der Waals surface area contributed by atoms with E-state index >= 15 is 0 Å². The van der Waals surface area contributed by atoms with Gasteiger partial charge in [0.25, 0.3) is 0 Å². The molecule has 86 valence electrons. The lowest BCUT2D eigenvalue weighted by Gasteiger charge is -2.21. The average Bonchev–Trinajstić information content (AvgIpc) is 2.59. The minimum absolute atomic E-state index is 0.0335. The minimum Gasteiger partial charge on any atom is -0.365 e. The smallest absolute Gasteiger partial charge is 0.161 e. The molecule has 0 saturated heterocycles. The number of thioether (sulfide) groups is 1. The summed E-state index contributed by atoms with van der Waals surface area (Å²) in [4.78, 5) is 8.44. The lowest BCUT2D eigenvalue weighted by atomic mass is 10.1. The molecule has 0 aliphatic carbocycles. The normalized spacial score (nSPS) is 12.0. The molecule has 2 N–H and O–H groups in total. The number of fused-ring (bicyclic) bond motifs is 1. The number of rotatable bonds is 2. The largest absolute Gasteiger partial charge is 0.365 e. The summed E-state index contributed by atoms with van der Waals surface area (Å²) in [6, 6.07) is 0. The number of anilines is 1. The summed E-state index contributed by atoms with van der Waals surface area (Å²) in [7, 11) is 0. The van der Waals surface area contributed by atoms with E-state index in [1.54, 1.807) is 18.1 Å². The van der Waals surface area contributed by atoms with Gasteiger partial charge in [-0.05, 0) is 27.0 Å². The second kappa shape index (κ2) is 3.93. The molecule has 5 nitrogen and oxygen atoms in total. The average molecular weight is 237 g/mol. The second-order valence-corrected chi connectivity index (χ2v) is 5.35. The van der Waals surface area contributed by atoms with E-state index in [-0.39, 0.29) is 5.54 Å². The predicted molar refractivity (Wildman–Crippen MR) is 66.8 cm³/mol. The number of hydrogen-bond donors (Lipinski definition) is 2. The molecule has 2 aromatic rings. The first kappa shape index (κ1) is 11.2. The van der Waals surface area contributed by atoms with Gasteiger partial charge in [0.1, 0.15) is 17.2 Å². The molecule has 0 fully saturated rings. The Morgan fingerprint density at radius 2 is 2.06 bits per heavy atom. The fraction of sp³-hybridized carbons (Fsp3) is 0.500. The van der Waals surface area contributed by atoms with Gasteiger partial charge in [0, 0.05) is 5.54 Å². The second-order valence-electron chi connectivity index (χ2n) is 4.55. The molecule has 0 unspecified atom stereocenters. The Morgan fingerprint density at radius 1 is 1.31 bits per heavy atom. The molecule has 0 aliphatic rings. The highest BCUT2D eigenvalue weighted by molar-refractivity contribution is 7.98. The molecule has 0 saturated carbocycles. The zero-order chi connectivity index (χ0) is 11.8. The summed E-state index contributed by atoms with van der Waals surface area (Å²) in [5.41, 5.74) is 0.736. The molecule has 0 radical (unpaired) electrons. The van der Waals surface area contributed by atoms with Crippen LogP contribution in [0.15, 0.2) is 11.4 Å². The van der Waals surface area contributed by atoms with Crippen molar-refractivity contribution in [1.82, 2.24) is 20.2 Å². The third-order valence-corrected chi connectivity index (χ3v) is 2.69. The highest BCUT2D eigenvalue weighted by Crippen LogP contribution is 2.28. The summed E-state index contributed by atoms with van der Waals surface area (Å²) >= 11 is 1.58. The van der Waals surface area contributed by atoms with Crippen molar-refractivity contribution >= 4 is 28.6 Å². The molecular weight excluding hydrogens is 222 g/mol. The Kier molecular flexibility index (Phi) is 2.75. The van der Waals surface area contributed by atoms with Crippen molar-refractivity contribution in [2.24, 2.45) is 0 Å². The fourth-order valence-electron chi connectivity index (χ4n) is 1.43. The standard InChI is InChI=1S/C10H15N5S/c1-10(2,3)13-7-6-8(12-5-11-7)14-15-9(6)16-4/h5H,1-4H3,(H2,11,12,13,14,15). The maximum Gasteiger partial charge on any atom is 0.161 e. The minimum atomic E-state index is -0.0335. The first-order valence-electron chi connectivity index (χ1n) is 5.02. The molecule has 0 aromatic carbocycles. The topological polar surface area (TPSA) is 66.5 Å². The molecule has 0 bridgehead atoms. The summed E-state index contributed by atoms with van der Waals surface area (Å²) in [6.45, 7) is 6.29. The van der Waals surface area contributed by atoms with Crippen molar-refractivity contribution in [3.8, 4) is 0 Å². The number of nitrogens with zero attached hydrogens (tertiary/aromatic N) is 3. The molecule has 2 heterocycles. The van der Waals surface area contributed by atoms with Gasteiger partial charge in [0.05, 0.1) is 5.39 Å². The Morgan fingerprint density at radius 3 is 2.69 bits per heavy atom. The fourth-order valence-corrected chi connectivity index (χ4v) is 1.96. The van der Waals surface area contributed by atoms with Gasteiger partial charge >= 0.3 is 0 Å². The molecule has 2 aromatic heterocycles. The molecule has 16 heavy (non-hydrogen) atoms. The highest BCUT2D eigenvalue weighted by atomic mass is 32.2. The lowest BCUT2D eigenvalue weighted by molar-refractivity contribution is 0.631. The van der Waals surface area contributed by atoms with Crippen LogP contribution in [0.5, 0.6) is 0 Å². The first-order chi connectivity index (χ1) is 7.51. The van der Waals surface area contributed by atoms with Gasteiger partial charge in [-0.2, -0.15) is 5.10 Å². The van der Waals surface area contributed by atoms with Gasteiger partial charge in [-0.15, -0.1) is 11.8 Å². The molecule has 2 rings (SSSR count). The Hall–Kier alpha value is -1.30. The van der Waals surface area contributed by atoms with Crippen LogP contribution in [-0.2, 0) is 0 Å². The number of aromatic nitrogens is 4. The summed E-state index contributed by atoms with van der Waals surface area (Å²) in [5, 5.41) is 12.3. The Balaban J connectivity index is 2.55. The number of H-pyrrole nitrogens is 1. The van der Waals surface area contributed by atoms with Crippen molar-refractivity contribution in [2.45, 2.75) is 31.3 Å². The van der Waals surface area contributed by atoms with Crippen LogP contribution in [-0.4, -0.2) is 32.0 Å². The molecule has 0 aliphatic heterocycles. The van der Waals surface area contributed by atoms with Crippen molar-refractivity contribution < 1.29 is 0 Å². The van der Waals surface area contributed by atoms with Crippen LogP contribution < -0.4 is 5.32 Å². The van der Waals surface area contributed by atoms with Gasteiger partial charge < -0.3 is 5.32 Å². The van der Waals surface area contributed by atoms with Crippen LogP contribution in [0.4, 0.5) is 5.82 Å². The van der Waals surface area contributed by atoms with Crippen LogP contribution >= 0.6 is 11.8 Å². The Labute approximate surface area is 98.4 Å². The summed E-state index contributed by atoms with van der Waals surface area (Å²) in [6.07, 6.45) is 3.53. The van der Waals surface area contributed by atoms with Crippen LogP contribution in [0.1, 0.15) is 20.8 Å². The van der Waals surface area contributed by atoms with Crippen LogP contribution in [0, 0.1) is 0 Å². The van der Waals surface area contributed by atoms with Crippen molar-refractivity contribution in [2.75, 3.05) is 11.6 Å². The maximum absolute atomic E-state index is 4.28. The van der Waals surface area contributed by atoms with E-state index in [0.29, 0.717) is 0 Å². The quantitative estimate of drug-likeness (QED) is 0.784. The van der Waals surface area contributed by atoms with Crippen LogP contribution in [0.2, 0.25) is 0 Å². The van der Waals surface area contributed by atoms with E-state index in [1.807, 2.05) is 6.26 Å². The SMILES string of the molecule is CSc1n[nH]c2ncnc(NC(C)(C)C)c12. The molecule has 0 amide bonds. The Bertz CT molecular complexity index is 499. The van der Waals surface area contributed by atoms with E-state index < -0.39 is 0 Å². The van der Waals surface area contributed by atoms with E-state index in [1.165, 1.54) is 0 Å². The van der Waals surface area contributed by atoms with Gasteiger partial charge in [-0.25, -0.2) is 9.97 Å². The molecule has 0 atom stereocenters. The number of aromatic amines is 1. The van der Waals surface area contributed by atoms with Gasteiger partial charge in [0.15, 0.2) is 5.65 Å². The zero-order valence-electron chi connectivity index (χ0n) is 9.83. The van der Waals surface area contributed by atoms with Gasteiger partial charge in [-0.1, -0.05) is 0 Å². The van der Waals surface area contributed by atoms with E-state index in [2.05, 4.69) is 46.3 Å².